The first-order chi connectivity index (χ1) is 18.5. The number of alkyl carbamates (subject to hydrolysis) is 1. The lowest BCUT2D eigenvalue weighted by Gasteiger charge is -2.34. The Kier molecular flexibility index (Phi) is 11.4. The lowest BCUT2D eigenvalue weighted by atomic mass is 9.86. The fraction of sp³-hybridized carbons (Fsp3) is 0.667. The summed E-state index contributed by atoms with van der Waals surface area (Å²) < 4.78 is 57.8. The maximum atomic E-state index is 12.6. The van der Waals surface area contributed by atoms with Crippen LogP contribution >= 0.6 is 35.1 Å². The van der Waals surface area contributed by atoms with Gasteiger partial charge in [0.2, 0.25) is 20.0 Å². The molecule has 0 aliphatic carbocycles. The third kappa shape index (κ3) is 8.68. The first-order valence-corrected chi connectivity index (χ1v) is 18.1. The van der Waals surface area contributed by atoms with E-state index in [-0.39, 0.29) is 41.9 Å². The largest absolute Gasteiger partial charge is 0.444 e. The summed E-state index contributed by atoms with van der Waals surface area (Å²) in [6.45, 7) is 18.8. The number of hydrogen-bond acceptors (Lipinski definition) is 9. The molecular weight excluding hydrogens is 640 g/mol. The number of ether oxygens (including phenoxy) is 1. The molecule has 42 heavy (non-hydrogen) atoms. The first-order valence-electron chi connectivity index (χ1n) is 13.4. The molecule has 240 valence electrons. The second-order valence-corrected chi connectivity index (χ2v) is 19.4. The normalized spacial score (nSPS) is 19.5. The number of sulfonamides is 2. The van der Waals surface area contributed by atoms with Crippen LogP contribution in [-0.4, -0.2) is 62.3 Å². The van der Waals surface area contributed by atoms with E-state index in [0.717, 1.165) is 9.75 Å². The molecule has 0 radical (unpaired) electrons. The van der Waals surface area contributed by atoms with Gasteiger partial charge in [-0.25, -0.2) is 21.6 Å². The predicted molar refractivity (Wildman–Crippen MR) is 171 cm³/mol. The van der Waals surface area contributed by atoms with E-state index in [4.69, 9.17) is 10.5 Å². The predicted octanol–water partition coefficient (Wildman–Crippen LogP) is 5.24. The molecule has 4 heterocycles. The van der Waals surface area contributed by atoms with Crippen LogP contribution in [0.5, 0.6) is 0 Å². The zero-order valence-corrected chi connectivity index (χ0v) is 29.8. The Labute approximate surface area is 265 Å². The van der Waals surface area contributed by atoms with Crippen molar-refractivity contribution in [1.29, 1.82) is 0 Å². The SMILES string of the molecule is CC(C)(C)OC(=O)N[C@H](CN1Cc2sccc2S1(=O)=O)C(C)(C)C.CC(C)(C)[C@H](N)CN1Cc2sccc2S1(=O)=O.Cl. The molecule has 3 N–H and O–H groups in total. The molecule has 2 aliphatic rings. The molecule has 15 heteroatoms. The molecule has 2 atom stereocenters. The summed E-state index contributed by atoms with van der Waals surface area (Å²) in [6.07, 6.45) is -0.534. The number of carbonyl (C=O) groups is 1. The highest BCUT2D eigenvalue weighted by atomic mass is 35.5. The van der Waals surface area contributed by atoms with Gasteiger partial charge in [-0.1, -0.05) is 41.5 Å². The van der Waals surface area contributed by atoms with E-state index in [1.54, 1.807) is 38.3 Å². The Morgan fingerprint density at radius 1 is 0.857 bits per heavy atom. The molecule has 0 bridgehead atoms. The van der Waals surface area contributed by atoms with E-state index in [0.29, 0.717) is 29.4 Å². The van der Waals surface area contributed by atoms with Gasteiger partial charge in [0.25, 0.3) is 0 Å². The molecule has 2 aliphatic heterocycles. The quantitative estimate of drug-likeness (QED) is 0.439. The van der Waals surface area contributed by atoms with Gasteiger partial charge in [0, 0.05) is 42.0 Å². The second kappa shape index (κ2) is 13.0. The molecule has 0 aromatic carbocycles. The van der Waals surface area contributed by atoms with E-state index >= 15 is 0 Å². The molecule has 2 aromatic rings. The van der Waals surface area contributed by atoms with Gasteiger partial charge < -0.3 is 15.8 Å². The molecule has 0 spiro atoms. The highest BCUT2D eigenvalue weighted by molar-refractivity contribution is 7.90. The lowest BCUT2D eigenvalue weighted by molar-refractivity contribution is 0.0452. The van der Waals surface area contributed by atoms with E-state index in [2.05, 4.69) is 5.32 Å². The molecule has 2 aromatic heterocycles. The standard InChI is InChI=1S/C16H26N2O4S2.C11H18N2O2S2.ClH/c1-15(2,3)13(17-14(19)22-16(4,5)6)10-18-9-11-12(7-8-23-11)24(18,20)21;1-11(2,3)10(12)7-13-6-8-9(4-5-16-8)17(13,14)15;/h7-8,13H,9-10H2,1-6H3,(H,17,19);4-5,10H,6-7,12H2,1-3H3;1H/t13-;10-;/m11./s1. The smallest absolute Gasteiger partial charge is 0.407 e. The zero-order valence-electron chi connectivity index (χ0n) is 25.8. The number of hydrogen-bond donors (Lipinski definition) is 2. The first kappa shape index (κ1) is 36.9. The number of nitrogens with zero attached hydrogens (tertiary/aromatic N) is 2. The summed E-state index contributed by atoms with van der Waals surface area (Å²) in [5.74, 6) is 0. The van der Waals surface area contributed by atoms with Crippen LogP contribution in [0.25, 0.3) is 0 Å². The van der Waals surface area contributed by atoms with Gasteiger partial charge in [0.05, 0.1) is 15.8 Å². The van der Waals surface area contributed by atoms with E-state index in [1.165, 1.54) is 31.3 Å². The van der Waals surface area contributed by atoms with E-state index in [9.17, 15) is 21.6 Å². The van der Waals surface area contributed by atoms with Crippen molar-refractivity contribution in [2.75, 3.05) is 13.1 Å². The Morgan fingerprint density at radius 3 is 1.64 bits per heavy atom. The number of fused-ring (bicyclic) bond motifs is 2. The Hall–Kier alpha value is -1.26. The number of halogens is 1. The molecular formula is C27H45ClN4O6S4. The van der Waals surface area contributed by atoms with E-state index in [1.807, 2.05) is 46.9 Å². The topological polar surface area (TPSA) is 139 Å². The van der Waals surface area contributed by atoms with Crippen LogP contribution < -0.4 is 11.1 Å². The van der Waals surface area contributed by atoms with Gasteiger partial charge >= 0.3 is 6.09 Å². The number of thiophene rings is 2. The van der Waals surface area contributed by atoms with Crippen molar-refractivity contribution < 1.29 is 26.4 Å². The third-order valence-electron chi connectivity index (χ3n) is 6.92. The summed E-state index contributed by atoms with van der Waals surface area (Å²) >= 11 is 2.93. The number of amides is 1. The molecule has 4 rings (SSSR count). The Morgan fingerprint density at radius 2 is 1.29 bits per heavy atom. The van der Waals surface area contributed by atoms with Crippen LogP contribution in [0.15, 0.2) is 32.7 Å². The fourth-order valence-electron chi connectivity index (χ4n) is 4.12. The van der Waals surface area contributed by atoms with Crippen molar-refractivity contribution in [1.82, 2.24) is 13.9 Å². The van der Waals surface area contributed by atoms with Crippen molar-refractivity contribution >= 4 is 61.2 Å². The lowest BCUT2D eigenvalue weighted by Crippen LogP contribution is -2.51. The van der Waals surface area contributed by atoms with Gasteiger partial charge in [0.15, 0.2) is 0 Å². The van der Waals surface area contributed by atoms with Gasteiger partial charge in [-0.05, 0) is 54.5 Å². The number of nitrogens with one attached hydrogen (secondary N) is 1. The molecule has 0 saturated heterocycles. The summed E-state index contributed by atoms with van der Waals surface area (Å²) in [4.78, 5) is 14.7. The summed E-state index contributed by atoms with van der Waals surface area (Å²) in [5.41, 5.74) is 5.04. The number of rotatable bonds is 5. The number of carbonyl (C=O) groups excluding carboxylic acids is 1. The fourth-order valence-corrected chi connectivity index (χ4v) is 9.99. The molecule has 10 nitrogen and oxygen atoms in total. The van der Waals surface area contributed by atoms with Gasteiger partial charge in [0.1, 0.15) is 5.60 Å². The maximum Gasteiger partial charge on any atom is 0.407 e. The van der Waals surface area contributed by atoms with Crippen LogP contribution in [0.1, 0.15) is 72.1 Å². The molecule has 0 saturated carbocycles. The third-order valence-corrected chi connectivity index (χ3v) is 12.8. The number of nitrogens with two attached hydrogens (primary N) is 1. The van der Waals surface area contributed by atoms with Crippen LogP contribution in [0.2, 0.25) is 0 Å². The van der Waals surface area contributed by atoms with E-state index < -0.39 is 31.7 Å². The zero-order chi connectivity index (χ0) is 31.2. The monoisotopic (exact) mass is 684 g/mol. The minimum atomic E-state index is -3.48. The van der Waals surface area contributed by atoms with Gasteiger partial charge in [-0.2, -0.15) is 8.61 Å². The molecule has 0 unspecified atom stereocenters. The molecule has 0 fully saturated rings. The maximum absolute atomic E-state index is 12.6. The second-order valence-electron chi connectivity index (χ2n) is 13.5. The Balaban J connectivity index is 0.000000302. The summed E-state index contributed by atoms with van der Waals surface area (Å²) in [5, 5.41) is 6.45. The average molecular weight is 685 g/mol. The van der Waals surface area contributed by atoms with Crippen molar-refractivity contribution in [2.24, 2.45) is 16.6 Å². The van der Waals surface area contributed by atoms with Crippen molar-refractivity contribution in [3.63, 3.8) is 0 Å². The van der Waals surface area contributed by atoms with Crippen LogP contribution in [0.3, 0.4) is 0 Å². The van der Waals surface area contributed by atoms with Crippen molar-refractivity contribution in [2.45, 2.75) is 103 Å². The minimum absolute atomic E-state index is 0. The summed E-state index contributed by atoms with van der Waals surface area (Å²) in [6, 6.07) is 2.79. The van der Waals surface area contributed by atoms with Gasteiger partial charge in [-0.15, -0.1) is 35.1 Å². The van der Waals surface area contributed by atoms with Crippen LogP contribution in [0.4, 0.5) is 4.79 Å². The van der Waals surface area contributed by atoms with Crippen molar-refractivity contribution in [3.05, 3.63) is 32.6 Å². The molecule has 1 amide bonds. The van der Waals surface area contributed by atoms with Crippen molar-refractivity contribution in [3.8, 4) is 0 Å². The minimum Gasteiger partial charge on any atom is -0.444 e. The average Bonchev–Trinajstić information content (AvgIpc) is 3.52. The Bertz CT molecular complexity index is 1450. The summed E-state index contributed by atoms with van der Waals surface area (Å²) in [7, 11) is -6.77. The van der Waals surface area contributed by atoms with Crippen LogP contribution in [0, 0.1) is 10.8 Å². The van der Waals surface area contributed by atoms with Crippen LogP contribution in [-0.2, 0) is 37.9 Å². The highest BCUT2D eigenvalue weighted by Gasteiger charge is 2.40. The van der Waals surface area contributed by atoms with Gasteiger partial charge in [-0.3, -0.25) is 0 Å². The highest BCUT2D eigenvalue weighted by Crippen LogP contribution is 2.36.